The van der Waals surface area contributed by atoms with E-state index in [4.69, 9.17) is 11.5 Å². The second kappa shape index (κ2) is 21.0. The first-order valence-corrected chi connectivity index (χ1v) is 22.2. The van der Waals surface area contributed by atoms with Crippen LogP contribution in [-0.2, 0) is 5.41 Å². The van der Waals surface area contributed by atoms with Crippen LogP contribution in [0.15, 0.2) is 84.9 Å². The van der Waals surface area contributed by atoms with Crippen LogP contribution in [0, 0.1) is 19.8 Å². The molecule has 0 heterocycles. The van der Waals surface area contributed by atoms with Crippen molar-refractivity contribution in [3.8, 4) is 0 Å². The number of hydrogen-bond acceptors (Lipinski definition) is 2. The molecule has 1 aliphatic rings. The van der Waals surface area contributed by atoms with E-state index < -0.39 is 0 Å². The van der Waals surface area contributed by atoms with E-state index >= 15 is 0 Å². The zero-order chi connectivity index (χ0) is 38.3. The van der Waals surface area contributed by atoms with Crippen molar-refractivity contribution in [3.63, 3.8) is 0 Å². The number of anilines is 2. The van der Waals surface area contributed by atoms with Gasteiger partial charge < -0.3 is 11.5 Å². The van der Waals surface area contributed by atoms with Crippen LogP contribution in [0.25, 0.3) is 0 Å². The summed E-state index contributed by atoms with van der Waals surface area (Å²) in [6.07, 6.45) is 25.3. The highest BCUT2D eigenvalue weighted by atomic mass is 14.5. The van der Waals surface area contributed by atoms with Crippen molar-refractivity contribution in [1.82, 2.24) is 0 Å². The van der Waals surface area contributed by atoms with E-state index in [1.165, 1.54) is 141 Å². The monoisotopic (exact) mass is 727 g/mol. The SMILES string of the molecule is CCCCCCCCCCCCC1CCC(c2ccc(C(CCC)c3ccc(N)cc3C)cc2)(c2ccc(C(CCC)c3ccc(N)cc3C)cc2)CC1. The van der Waals surface area contributed by atoms with Gasteiger partial charge in [0.2, 0.25) is 0 Å². The second-order valence-electron chi connectivity index (χ2n) is 17.2. The summed E-state index contributed by atoms with van der Waals surface area (Å²) in [5.74, 6) is 1.64. The zero-order valence-electron chi connectivity index (χ0n) is 34.9. The maximum atomic E-state index is 6.17. The standard InChI is InChI=1S/C52H74N2/c1-6-9-10-11-12-13-14-15-16-17-20-41-33-35-52(36-34-41,44-25-21-42(22-26-44)50(18-7-2)48-31-29-46(53)37-39(48)4)45-27-23-43(24-28-45)51(19-8-3)49-32-30-47(54)38-40(49)5/h21-32,37-38,41,50-51H,6-20,33-36,53-54H2,1-5H3. The van der Waals surface area contributed by atoms with Crippen molar-refractivity contribution >= 4 is 11.4 Å². The molecule has 4 aromatic carbocycles. The fraction of sp³-hybridized carbons (Fsp3) is 0.538. The molecule has 0 bridgehead atoms. The Bertz CT molecular complexity index is 1570. The Balaban J connectivity index is 1.35. The fourth-order valence-electron chi connectivity index (χ4n) is 9.95. The van der Waals surface area contributed by atoms with E-state index in [9.17, 15) is 0 Å². The predicted molar refractivity (Wildman–Crippen MR) is 237 cm³/mol. The van der Waals surface area contributed by atoms with Gasteiger partial charge in [-0.3, -0.25) is 0 Å². The van der Waals surface area contributed by atoms with Crippen molar-refractivity contribution in [3.05, 3.63) is 129 Å². The summed E-state index contributed by atoms with van der Waals surface area (Å²) in [5.41, 5.74) is 25.4. The lowest BCUT2D eigenvalue weighted by Gasteiger charge is -2.42. The van der Waals surface area contributed by atoms with Crippen LogP contribution in [0.5, 0.6) is 0 Å². The maximum absolute atomic E-state index is 6.17. The molecule has 2 nitrogen and oxygen atoms in total. The number of nitrogens with two attached hydrogens (primary N) is 2. The molecule has 0 amide bonds. The van der Waals surface area contributed by atoms with Gasteiger partial charge in [0.05, 0.1) is 0 Å². The molecule has 54 heavy (non-hydrogen) atoms. The summed E-state index contributed by atoms with van der Waals surface area (Å²) in [6.45, 7) is 11.4. The van der Waals surface area contributed by atoms with Crippen LogP contribution in [-0.4, -0.2) is 0 Å². The molecule has 0 saturated heterocycles. The molecule has 2 heteroatoms. The van der Waals surface area contributed by atoms with E-state index in [1.807, 2.05) is 0 Å². The number of nitrogen functional groups attached to an aromatic ring is 2. The number of rotatable bonds is 21. The molecule has 1 saturated carbocycles. The first-order valence-electron chi connectivity index (χ1n) is 22.2. The first-order chi connectivity index (χ1) is 26.3. The van der Waals surface area contributed by atoms with Gasteiger partial charge in [0.15, 0.2) is 0 Å². The molecule has 1 aliphatic carbocycles. The summed E-state index contributed by atoms with van der Waals surface area (Å²) in [4.78, 5) is 0. The maximum Gasteiger partial charge on any atom is 0.0316 e. The first kappa shape index (κ1) is 41.6. The quantitative estimate of drug-likeness (QED) is 0.0663. The minimum Gasteiger partial charge on any atom is -0.399 e. The van der Waals surface area contributed by atoms with Crippen molar-refractivity contribution in [1.29, 1.82) is 0 Å². The van der Waals surface area contributed by atoms with Crippen molar-refractivity contribution in [2.24, 2.45) is 5.92 Å². The Morgan fingerprint density at radius 1 is 0.519 bits per heavy atom. The van der Waals surface area contributed by atoms with E-state index in [0.29, 0.717) is 11.8 Å². The third-order valence-corrected chi connectivity index (χ3v) is 13.1. The van der Waals surface area contributed by atoms with Crippen LogP contribution in [0.4, 0.5) is 11.4 Å². The molecule has 0 spiro atoms. The molecule has 2 atom stereocenters. The average Bonchev–Trinajstić information content (AvgIpc) is 3.18. The number of hydrogen-bond donors (Lipinski definition) is 2. The molecular formula is C52H74N2. The van der Waals surface area contributed by atoms with Crippen LogP contribution >= 0.6 is 0 Å². The summed E-state index contributed by atoms with van der Waals surface area (Å²) < 4.78 is 0. The van der Waals surface area contributed by atoms with E-state index in [-0.39, 0.29) is 5.41 Å². The smallest absolute Gasteiger partial charge is 0.0316 e. The molecule has 1 fully saturated rings. The molecular weight excluding hydrogens is 653 g/mol. The van der Waals surface area contributed by atoms with Crippen LogP contribution < -0.4 is 11.5 Å². The molecule has 2 unspecified atom stereocenters. The van der Waals surface area contributed by atoms with Gasteiger partial charge in [0, 0.05) is 28.6 Å². The summed E-state index contributed by atoms with van der Waals surface area (Å²) in [5, 5.41) is 0. The largest absolute Gasteiger partial charge is 0.399 e. The van der Waals surface area contributed by atoms with Crippen molar-refractivity contribution < 1.29 is 0 Å². The van der Waals surface area contributed by atoms with E-state index in [0.717, 1.165) is 43.0 Å². The third kappa shape index (κ3) is 10.8. The molecule has 0 radical (unpaired) electrons. The lowest BCUT2D eigenvalue weighted by atomic mass is 9.62. The van der Waals surface area contributed by atoms with Gasteiger partial charge in [-0.2, -0.15) is 0 Å². The number of benzene rings is 4. The molecule has 4 aromatic rings. The Kier molecular flexibility index (Phi) is 16.2. The Labute approximate surface area is 330 Å². The van der Waals surface area contributed by atoms with Crippen LogP contribution in [0.3, 0.4) is 0 Å². The Hall–Kier alpha value is -3.52. The molecule has 0 aromatic heterocycles. The average molecular weight is 727 g/mol. The molecule has 0 aliphatic heterocycles. The number of aryl methyl sites for hydroxylation is 2. The van der Waals surface area contributed by atoms with Gasteiger partial charge in [-0.1, -0.05) is 165 Å². The summed E-state index contributed by atoms with van der Waals surface area (Å²) in [7, 11) is 0. The van der Waals surface area contributed by atoms with E-state index in [2.05, 4.69) is 120 Å². The third-order valence-electron chi connectivity index (χ3n) is 13.1. The lowest BCUT2D eigenvalue weighted by Crippen LogP contribution is -2.33. The Morgan fingerprint density at radius 3 is 1.31 bits per heavy atom. The predicted octanol–water partition coefficient (Wildman–Crippen LogP) is 15.1. The molecule has 5 rings (SSSR count). The van der Waals surface area contributed by atoms with Crippen LogP contribution in [0.2, 0.25) is 0 Å². The second-order valence-corrected chi connectivity index (χ2v) is 17.2. The highest BCUT2D eigenvalue weighted by Crippen LogP contribution is 2.48. The van der Waals surface area contributed by atoms with Gasteiger partial charge in [0.25, 0.3) is 0 Å². The zero-order valence-corrected chi connectivity index (χ0v) is 34.9. The van der Waals surface area contributed by atoms with Gasteiger partial charge in [-0.25, -0.2) is 0 Å². The van der Waals surface area contributed by atoms with Gasteiger partial charge in [-0.05, 0) is 127 Å². The molecule has 292 valence electrons. The lowest BCUT2D eigenvalue weighted by molar-refractivity contribution is 0.250. The summed E-state index contributed by atoms with van der Waals surface area (Å²) >= 11 is 0. The van der Waals surface area contributed by atoms with Gasteiger partial charge in [0.1, 0.15) is 0 Å². The highest BCUT2D eigenvalue weighted by molar-refractivity contribution is 5.51. The minimum atomic E-state index is 0.0556. The number of unbranched alkanes of at least 4 members (excludes halogenated alkanes) is 9. The highest BCUT2D eigenvalue weighted by Gasteiger charge is 2.38. The molecule has 4 N–H and O–H groups in total. The topological polar surface area (TPSA) is 52.0 Å². The fourth-order valence-corrected chi connectivity index (χ4v) is 9.95. The summed E-state index contributed by atoms with van der Waals surface area (Å²) in [6, 6.07) is 32.8. The van der Waals surface area contributed by atoms with Crippen molar-refractivity contribution in [2.45, 2.75) is 174 Å². The van der Waals surface area contributed by atoms with Gasteiger partial charge >= 0.3 is 0 Å². The van der Waals surface area contributed by atoms with Crippen LogP contribution in [0.1, 0.15) is 199 Å². The Morgan fingerprint density at radius 2 is 0.926 bits per heavy atom. The van der Waals surface area contributed by atoms with E-state index in [1.54, 1.807) is 0 Å². The normalized spacial score (nSPS) is 18.4. The van der Waals surface area contributed by atoms with Crippen molar-refractivity contribution in [2.75, 3.05) is 11.5 Å². The van der Waals surface area contributed by atoms with Gasteiger partial charge in [-0.15, -0.1) is 0 Å². The minimum absolute atomic E-state index is 0.0556.